The summed E-state index contributed by atoms with van der Waals surface area (Å²) >= 11 is 0. The number of carboxylic acids is 1. The van der Waals surface area contributed by atoms with Gasteiger partial charge < -0.3 is 15.0 Å². The Hall–Kier alpha value is -1.45. The van der Waals surface area contributed by atoms with E-state index in [-0.39, 0.29) is 12.3 Å². The van der Waals surface area contributed by atoms with Crippen molar-refractivity contribution < 1.29 is 15.0 Å². The molecule has 22 heavy (non-hydrogen) atoms. The van der Waals surface area contributed by atoms with Gasteiger partial charge in [-0.3, -0.25) is 0 Å². The maximum Gasteiger partial charge on any atom is 0.115 e. The molecule has 3 nitrogen and oxygen atoms in total. The minimum absolute atomic E-state index is 0.0637. The van der Waals surface area contributed by atoms with Crippen LogP contribution >= 0.6 is 0 Å². The van der Waals surface area contributed by atoms with Crippen LogP contribution in [0.4, 0.5) is 0 Å². The Morgan fingerprint density at radius 3 is 2.18 bits per heavy atom. The number of aliphatic carboxylic acids is 1. The number of carbonyl (C=O) groups is 1. The molecule has 0 heterocycles. The Morgan fingerprint density at radius 1 is 1.00 bits per heavy atom. The van der Waals surface area contributed by atoms with Gasteiger partial charge in [0.05, 0.1) is 0 Å². The van der Waals surface area contributed by atoms with Crippen LogP contribution in [0.3, 0.4) is 0 Å². The molecule has 0 aliphatic rings. The van der Waals surface area contributed by atoms with Crippen molar-refractivity contribution in [3.63, 3.8) is 0 Å². The summed E-state index contributed by atoms with van der Waals surface area (Å²) in [4.78, 5) is 10.5. The van der Waals surface area contributed by atoms with Crippen LogP contribution in [0.15, 0.2) is 0 Å². The summed E-state index contributed by atoms with van der Waals surface area (Å²) in [6.07, 6.45) is 9.13. The first-order valence-electron chi connectivity index (χ1n) is 8.49. The summed E-state index contributed by atoms with van der Waals surface area (Å²) in [5.41, 5.74) is 0. The van der Waals surface area contributed by atoms with Crippen LogP contribution in [0.25, 0.3) is 0 Å². The topological polar surface area (TPSA) is 60.4 Å². The number of aliphatic hydroxyl groups is 1. The minimum Gasteiger partial charge on any atom is -0.550 e. The first-order chi connectivity index (χ1) is 10.6. The molecule has 0 amide bonds. The Balaban J connectivity index is 3.84. The molecule has 0 spiro atoms. The van der Waals surface area contributed by atoms with E-state index in [1.165, 1.54) is 32.1 Å². The molecule has 0 aromatic rings. The van der Waals surface area contributed by atoms with Crippen LogP contribution in [0.1, 0.15) is 78.1 Å². The summed E-state index contributed by atoms with van der Waals surface area (Å²) in [6, 6.07) is 0. The van der Waals surface area contributed by atoms with Gasteiger partial charge in [0.1, 0.15) is 6.10 Å². The first kappa shape index (κ1) is 20.6. The van der Waals surface area contributed by atoms with Crippen LogP contribution in [0.2, 0.25) is 0 Å². The van der Waals surface area contributed by atoms with Gasteiger partial charge in [0.25, 0.3) is 0 Å². The summed E-state index contributed by atoms with van der Waals surface area (Å²) in [5.74, 6) is 9.43. The van der Waals surface area contributed by atoms with Crippen molar-refractivity contribution in [1.82, 2.24) is 0 Å². The molecule has 0 aliphatic carbocycles. The number of rotatable bonds is 11. The highest BCUT2D eigenvalue weighted by atomic mass is 16.4. The molecule has 2 atom stereocenters. The van der Waals surface area contributed by atoms with Gasteiger partial charge in [0.15, 0.2) is 0 Å². The van der Waals surface area contributed by atoms with Crippen molar-refractivity contribution in [2.75, 3.05) is 0 Å². The Kier molecular flexibility index (Phi) is 13.5. The van der Waals surface area contributed by atoms with Gasteiger partial charge in [-0.25, -0.2) is 0 Å². The van der Waals surface area contributed by atoms with Gasteiger partial charge in [-0.05, 0) is 31.1 Å². The molecule has 124 valence electrons. The molecule has 3 heteroatoms. The van der Waals surface area contributed by atoms with Crippen molar-refractivity contribution in [2.45, 2.75) is 84.2 Å². The van der Waals surface area contributed by atoms with E-state index in [1.54, 1.807) is 0 Å². The van der Waals surface area contributed by atoms with Gasteiger partial charge in [0, 0.05) is 18.3 Å². The lowest BCUT2D eigenvalue weighted by Crippen LogP contribution is -2.24. The van der Waals surface area contributed by atoms with E-state index in [4.69, 9.17) is 0 Å². The van der Waals surface area contributed by atoms with Gasteiger partial charge >= 0.3 is 0 Å². The molecule has 0 aromatic carbocycles. The molecule has 0 bridgehead atoms. The number of carbonyl (C=O) groups excluding carboxylic acids is 1. The molecule has 0 saturated carbocycles. The van der Waals surface area contributed by atoms with Crippen LogP contribution in [0.5, 0.6) is 0 Å². The Bertz CT molecular complexity index is 406. The summed E-state index contributed by atoms with van der Waals surface area (Å²) in [5, 5.41) is 20.2. The number of unbranched alkanes of at least 4 members (excludes halogenated alkanes) is 6. The van der Waals surface area contributed by atoms with Crippen LogP contribution < -0.4 is 5.11 Å². The molecular formula is C19H29O3-. The molecule has 0 saturated heterocycles. The third-order valence-corrected chi connectivity index (χ3v) is 3.56. The van der Waals surface area contributed by atoms with E-state index in [0.29, 0.717) is 12.8 Å². The number of aliphatic hydroxyl groups excluding tert-OH is 1. The maximum atomic E-state index is 10.5. The van der Waals surface area contributed by atoms with Gasteiger partial charge in [-0.2, -0.15) is 0 Å². The Labute approximate surface area is 135 Å². The average molecular weight is 305 g/mol. The fourth-order valence-corrected chi connectivity index (χ4v) is 2.12. The lowest BCUT2D eigenvalue weighted by Gasteiger charge is -2.06. The van der Waals surface area contributed by atoms with E-state index in [2.05, 4.69) is 30.6 Å². The molecule has 1 N–H and O–H groups in total. The van der Waals surface area contributed by atoms with Crippen LogP contribution in [-0.4, -0.2) is 17.2 Å². The molecule has 2 unspecified atom stereocenters. The molecule has 0 aromatic heterocycles. The highest BCUT2D eigenvalue weighted by Gasteiger charge is 2.01. The Morgan fingerprint density at radius 2 is 1.59 bits per heavy atom. The monoisotopic (exact) mass is 305 g/mol. The second-order valence-electron chi connectivity index (χ2n) is 5.65. The van der Waals surface area contributed by atoms with E-state index < -0.39 is 12.1 Å². The summed E-state index contributed by atoms with van der Waals surface area (Å²) < 4.78 is 0. The largest absolute Gasteiger partial charge is 0.550 e. The fourth-order valence-electron chi connectivity index (χ4n) is 2.12. The number of hydrogen-bond donors (Lipinski definition) is 1. The molecular weight excluding hydrogens is 276 g/mol. The lowest BCUT2D eigenvalue weighted by molar-refractivity contribution is -0.306. The van der Waals surface area contributed by atoms with E-state index in [1.807, 2.05) is 6.92 Å². The minimum atomic E-state index is -1.09. The molecule has 0 radical (unpaired) electrons. The predicted molar refractivity (Wildman–Crippen MR) is 87.6 cm³/mol. The SMILES string of the molecule is CCCCCCCCCC(O)C#CC#CC(CC)CC(=O)[O-]. The van der Waals surface area contributed by atoms with Crippen molar-refractivity contribution in [3.05, 3.63) is 0 Å². The normalized spacial score (nSPS) is 12.5. The molecule has 0 rings (SSSR count). The van der Waals surface area contributed by atoms with Crippen molar-refractivity contribution in [2.24, 2.45) is 5.92 Å². The highest BCUT2D eigenvalue weighted by molar-refractivity contribution is 5.65. The van der Waals surface area contributed by atoms with E-state index >= 15 is 0 Å². The summed E-state index contributed by atoms with van der Waals surface area (Å²) in [6.45, 7) is 4.09. The average Bonchev–Trinajstić information content (AvgIpc) is 2.49. The second kappa shape index (κ2) is 14.5. The second-order valence-corrected chi connectivity index (χ2v) is 5.65. The van der Waals surface area contributed by atoms with Crippen molar-refractivity contribution >= 4 is 5.97 Å². The molecule has 0 aliphatic heterocycles. The van der Waals surface area contributed by atoms with Gasteiger partial charge in [0.2, 0.25) is 0 Å². The standard InChI is InChI=1S/C19H30O3/c1-3-5-6-7-8-9-10-14-18(20)15-12-11-13-17(4-2)16-19(21)22/h17-18,20H,3-10,14,16H2,1-2H3,(H,21,22)/p-1. The first-order valence-corrected chi connectivity index (χ1v) is 8.49. The van der Waals surface area contributed by atoms with E-state index in [9.17, 15) is 15.0 Å². The van der Waals surface area contributed by atoms with Crippen LogP contribution in [0, 0.1) is 29.6 Å². The van der Waals surface area contributed by atoms with Gasteiger partial charge in [-0.1, -0.05) is 64.2 Å². The van der Waals surface area contributed by atoms with E-state index in [0.717, 1.165) is 12.8 Å². The summed E-state index contributed by atoms with van der Waals surface area (Å²) in [7, 11) is 0. The van der Waals surface area contributed by atoms with Crippen molar-refractivity contribution in [3.8, 4) is 23.7 Å². The van der Waals surface area contributed by atoms with Gasteiger partial charge in [-0.15, -0.1) is 0 Å². The zero-order valence-corrected chi connectivity index (χ0v) is 14.0. The zero-order valence-electron chi connectivity index (χ0n) is 14.0. The highest BCUT2D eigenvalue weighted by Crippen LogP contribution is 2.09. The smallest absolute Gasteiger partial charge is 0.115 e. The zero-order chi connectivity index (χ0) is 16.6. The van der Waals surface area contributed by atoms with Crippen LogP contribution in [-0.2, 0) is 4.79 Å². The number of carboxylic acid groups (broad SMARTS) is 1. The molecule has 0 fully saturated rings. The number of hydrogen-bond acceptors (Lipinski definition) is 3. The van der Waals surface area contributed by atoms with Crippen molar-refractivity contribution in [1.29, 1.82) is 0 Å². The lowest BCUT2D eigenvalue weighted by atomic mass is 10.0. The predicted octanol–water partition coefficient (Wildman–Crippen LogP) is 2.66. The fraction of sp³-hybridized carbons (Fsp3) is 0.737. The quantitative estimate of drug-likeness (QED) is 0.471. The maximum absolute atomic E-state index is 10.5. The third kappa shape index (κ3) is 13.5. The third-order valence-electron chi connectivity index (χ3n) is 3.56.